The molecule has 9 aromatic carbocycles. The molecule has 0 fully saturated rings. The van der Waals surface area contributed by atoms with Gasteiger partial charge in [-0.25, -0.2) is 20.2 Å². The summed E-state index contributed by atoms with van der Waals surface area (Å²) in [6.07, 6.45) is 5.96. The van der Waals surface area contributed by atoms with E-state index in [4.69, 9.17) is 9.97 Å². The van der Waals surface area contributed by atoms with E-state index in [1.54, 1.807) is 0 Å². The second-order valence-corrected chi connectivity index (χ2v) is 16.1. The van der Waals surface area contributed by atoms with E-state index in [1.807, 2.05) is 66.7 Å². The van der Waals surface area contributed by atoms with Crippen molar-refractivity contribution in [1.29, 1.82) is 0 Å². The number of nitrogens with zero attached hydrogens (tertiary/aromatic N) is 5. The van der Waals surface area contributed by atoms with Crippen LogP contribution in [0.1, 0.15) is 33.4 Å². The van der Waals surface area contributed by atoms with Gasteiger partial charge in [0.25, 0.3) is 0 Å². The number of aromatic nitrogens is 2. The molecule has 0 saturated carbocycles. The number of para-hydroxylation sites is 3. The van der Waals surface area contributed by atoms with Gasteiger partial charge in [0.1, 0.15) is 0 Å². The fourth-order valence-corrected chi connectivity index (χ4v) is 9.80. The molecule has 1 spiro atoms. The molecule has 0 aliphatic heterocycles. The molecule has 65 heavy (non-hydrogen) atoms. The van der Waals surface area contributed by atoms with Crippen molar-refractivity contribution in [2.75, 3.05) is 4.90 Å². The predicted molar refractivity (Wildman–Crippen MR) is 261 cm³/mol. The Bertz CT molecular complexity index is 3370. The molecule has 302 valence electrons. The van der Waals surface area contributed by atoms with Crippen molar-refractivity contribution >= 4 is 40.5 Å². The van der Waals surface area contributed by atoms with E-state index in [0.717, 1.165) is 61.7 Å². The third-order valence-electron chi connectivity index (χ3n) is 12.6. The third-order valence-corrected chi connectivity index (χ3v) is 12.6. The average molecular weight is 1050 g/mol. The minimum absolute atomic E-state index is 0. The smallest absolute Gasteiger partial charge is 0.313 e. The maximum atomic E-state index is 5.41. The van der Waals surface area contributed by atoms with Crippen molar-refractivity contribution in [1.82, 2.24) is 9.97 Å². The zero-order chi connectivity index (χ0) is 42.5. The first-order valence-corrected chi connectivity index (χ1v) is 21.5. The van der Waals surface area contributed by atoms with Crippen molar-refractivity contribution in [3.05, 3.63) is 258 Å². The minimum Gasteiger partial charge on any atom is -0.313 e. The molecule has 0 saturated heterocycles. The van der Waals surface area contributed by atoms with Gasteiger partial charge in [-0.3, -0.25) is 0 Å². The molecule has 0 unspecified atom stereocenters. The monoisotopic (exact) mass is 1050 g/mol. The van der Waals surface area contributed by atoms with Crippen LogP contribution in [0.15, 0.2) is 235 Å². The predicted octanol–water partition coefficient (Wildman–Crippen LogP) is 14.0. The summed E-state index contributed by atoms with van der Waals surface area (Å²) in [6, 6.07) is 78.8. The van der Waals surface area contributed by atoms with Gasteiger partial charge in [-0.15, -0.1) is 12.1 Å². The Morgan fingerprint density at radius 2 is 0.754 bits per heavy atom. The van der Waals surface area contributed by atoms with Crippen LogP contribution >= 0.6 is 0 Å². The van der Waals surface area contributed by atoms with Crippen molar-refractivity contribution in [3.63, 3.8) is 0 Å². The molecule has 12 rings (SSSR count). The fourth-order valence-electron chi connectivity index (χ4n) is 9.80. The summed E-state index contributed by atoms with van der Waals surface area (Å²) in [5.74, 6) is 0. The van der Waals surface area contributed by atoms with Gasteiger partial charge in [0.15, 0.2) is 0 Å². The molecule has 0 atom stereocenters. The Morgan fingerprint density at radius 1 is 0.354 bits per heavy atom. The molecule has 0 radical (unpaired) electrons. The summed E-state index contributed by atoms with van der Waals surface area (Å²) in [5.41, 5.74) is 20.0. The Morgan fingerprint density at radius 3 is 1.31 bits per heavy atom. The van der Waals surface area contributed by atoms with Crippen molar-refractivity contribution < 1.29 is 31.1 Å². The van der Waals surface area contributed by atoms with Gasteiger partial charge in [-0.05, 0) is 99.4 Å². The topological polar surface area (TPSA) is 53.7 Å². The van der Waals surface area contributed by atoms with Crippen LogP contribution < -0.4 is 4.90 Å². The number of benzene rings is 9. The number of fused-ring (bicyclic) bond motifs is 11. The molecule has 0 bridgehead atoms. The van der Waals surface area contributed by atoms with Gasteiger partial charge in [0.2, 0.25) is 0 Å². The first-order chi connectivity index (χ1) is 31.7. The van der Waals surface area contributed by atoms with Gasteiger partial charge in [-0.2, -0.15) is 35.4 Å². The second-order valence-electron chi connectivity index (χ2n) is 16.1. The zero-order valence-corrected chi connectivity index (χ0v) is 39.3. The van der Waals surface area contributed by atoms with E-state index in [0.29, 0.717) is 0 Å². The van der Waals surface area contributed by atoms with E-state index in [9.17, 15) is 0 Å². The van der Waals surface area contributed by atoms with Crippen LogP contribution in [0, 0.1) is 31.1 Å². The van der Waals surface area contributed by atoms with Gasteiger partial charge in [0, 0.05) is 28.2 Å². The number of hydrogen-bond acceptors (Lipinski definition) is 5. The number of anilines is 3. The summed E-state index contributed by atoms with van der Waals surface area (Å²) < 4.78 is 0. The van der Waals surface area contributed by atoms with E-state index >= 15 is 0 Å². The van der Waals surface area contributed by atoms with Crippen molar-refractivity contribution in [2.24, 2.45) is 10.2 Å². The SMILES string of the molecule is [C-](=NN=[C-]c1ccc(N(c2ccccc2)c2ccc(-c3nc4ccccc4nc3-c3ccc4c(c3)C3(c5ccccc5-c5ccccc53)c3ccccc3-4)cc2)cc1)c1ccccc1.[U+2]. The fraction of sp³-hybridized carbons (Fsp3) is 0.0169. The minimum atomic E-state index is -0.458. The molecule has 1 aromatic heterocycles. The van der Waals surface area contributed by atoms with Crippen molar-refractivity contribution in [3.8, 4) is 44.8 Å². The first kappa shape index (κ1) is 40.3. The Balaban J connectivity index is 0.00000469. The van der Waals surface area contributed by atoms with Crippen LogP contribution in [-0.2, 0) is 5.41 Å². The van der Waals surface area contributed by atoms with Gasteiger partial charge < -0.3 is 4.90 Å². The van der Waals surface area contributed by atoms with E-state index in [2.05, 4.69) is 185 Å². The normalized spacial score (nSPS) is 12.8. The van der Waals surface area contributed by atoms with Gasteiger partial charge in [-0.1, -0.05) is 146 Å². The Kier molecular flexibility index (Phi) is 10.5. The quantitative estimate of drug-likeness (QED) is 0.0866. The van der Waals surface area contributed by atoms with Crippen LogP contribution in [0.3, 0.4) is 0 Å². The molecule has 10 aromatic rings. The van der Waals surface area contributed by atoms with Crippen LogP contribution in [0.5, 0.6) is 0 Å². The molecule has 2 aliphatic carbocycles. The Hall–Kier alpha value is -7.49. The van der Waals surface area contributed by atoms with E-state index in [1.165, 1.54) is 44.5 Å². The summed E-state index contributed by atoms with van der Waals surface area (Å²) in [4.78, 5) is 13.0. The summed E-state index contributed by atoms with van der Waals surface area (Å²) in [5, 5.41) is 8.18. The molecule has 0 amide bonds. The molecule has 0 N–H and O–H groups in total. The van der Waals surface area contributed by atoms with Gasteiger partial charge in [0.05, 0.1) is 27.8 Å². The Labute approximate surface area is 401 Å². The van der Waals surface area contributed by atoms with Crippen LogP contribution in [0.2, 0.25) is 0 Å². The zero-order valence-electron chi connectivity index (χ0n) is 35.1. The van der Waals surface area contributed by atoms with Crippen molar-refractivity contribution in [2.45, 2.75) is 5.41 Å². The maximum absolute atomic E-state index is 5.41. The van der Waals surface area contributed by atoms with E-state index in [-0.39, 0.29) is 31.1 Å². The molecular weight excluding hydrogens is 1020 g/mol. The first-order valence-electron chi connectivity index (χ1n) is 21.5. The largest absolute Gasteiger partial charge is 2.00 e. The van der Waals surface area contributed by atoms with Crippen LogP contribution in [0.25, 0.3) is 55.8 Å². The molecule has 5 nitrogen and oxygen atoms in total. The molecule has 6 heteroatoms. The third kappa shape index (κ3) is 6.86. The maximum Gasteiger partial charge on any atom is 2.00 e. The van der Waals surface area contributed by atoms with Crippen LogP contribution in [0.4, 0.5) is 17.1 Å². The summed E-state index contributed by atoms with van der Waals surface area (Å²) in [7, 11) is 0. The van der Waals surface area contributed by atoms with Crippen LogP contribution in [-0.4, -0.2) is 22.4 Å². The van der Waals surface area contributed by atoms with Gasteiger partial charge >= 0.3 is 31.1 Å². The number of hydrogen-bond donors (Lipinski definition) is 0. The standard InChI is InChI=1S/C59H37N5.U/c1-3-15-40(16-4-1)38-60-61-39-41-27-32-45(33-28-41)64(44-17-5-2-6-18-44)46-34-29-42(30-35-46)57-58(63-56-26-14-13-25-55(56)62-57)43-31-36-50-49-21-9-12-24-53(49)59(54(50)37-43)51-22-10-7-19-47(51)48-20-8-11-23-52(48)59;/h1-37H;/q-2;+2. The van der Waals surface area contributed by atoms with E-state index < -0.39 is 5.41 Å². The molecule has 2 aliphatic rings. The second kappa shape index (κ2) is 16.9. The number of rotatable bonds is 8. The summed E-state index contributed by atoms with van der Waals surface area (Å²) >= 11 is 0. The molecule has 1 heterocycles. The molecular formula is C59H37N5U. The summed E-state index contributed by atoms with van der Waals surface area (Å²) in [6.45, 7) is 0. The average Bonchev–Trinajstić information content (AvgIpc) is 3.83.